The molecule has 1 aromatic rings. The molecule has 1 aliphatic heterocycles. The topological polar surface area (TPSA) is 56.6 Å². The van der Waals surface area contributed by atoms with Crippen molar-refractivity contribution in [1.29, 1.82) is 0 Å². The van der Waals surface area contributed by atoms with Crippen molar-refractivity contribution in [2.24, 2.45) is 13.0 Å². The van der Waals surface area contributed by atoms with Crippen molar-refractivity contribution in [3.63, 3.8) is 0 Å². The largest absolute Gasteiger partial charge is 0.381 e. The van der Waals surface area contributed by atoms with Gasteiger partial charge in [0.05, 0.1) is 29.8 Å². The molecule has 1 aromatic heterocycles. The number of nitrogens with zero attached hydrogens (tertiary/aromatic N) is 3. The van der Waals surface area contributed by atoms with Crippen molar-refractivity contribution in [2.75, 3.05) is 26.9 Å². The summed E-state index contributed by atoms with van der Waals surface area (Å²) >= 11 is 3.43. The van der Waals surface area contributed by atoms with E-state index in [1.54, 1.807) is 18.0 Å². The van der Waals surface area contributed by atoms with Crippen LogP contribution in [0, 0.1) is 5.92 Å². The molecule has 122 valence electrons. The molecule has 6 nitrogen and oxygen atoms in total. The molecule has 0 N–H and O–H groups in total. The lowest BCUT2D eigenvalue weighted by Crippen LogP contribution is -2.54. The van der Waals surface area contributed by atoms with Gasteiger partial charge in [0.15, 0.2) is 5.69 Å². The van der Waals surface area contributed by atoms with Crippen LogP contribution < -0.4 is 0 Å². The number of carbonyl (C=O) groups is 1. The lowest BCUT2D eigenvalue weighted by molar-refractivity contribution is -0.0462. The Morgan fingerprint density at radius 2 is 2.32 bits per heavy atom. The summed E-state index contributed by atoms with van der Waals surface area (Å²) in [5.41, 5.74) is 0.473. The summed E-state index contributed by atoms with van der Waals surface area (Å²) in [4.78, 5) is 14.8. The normalized spacial score (nSPS) is 29.0. The van der Waals surface area contributed by atoms with E-state index in [0.29, 0.717) is 31.4 Å². The van der Waals surface area contributed by atoms with Crippen LogP contribution in [0.5, 0.6) is 0 Å². The zero-order chi connectivity index (χ0) is 15.7. The Balaban J connectivity index is 1.83. The molecule has 22 heavy (non-hydrogen) atoms. The molecule has 0 radical (unpaired) electrons. The van der Waals surface area contributed by atoms with Crippen LogP contribution in [0.2, 0.25) is 0 Å². The summed E-state index contributed by atoms with van der Waals surface area (Å²) in [6, 6.07) is 0.0719. The van der Waals surface area contributed by atoms with Crippen LogP contribution in [0.3, 0.4) is 0 Å². The van der Waals surface area contributed by atoms with Gasteiger partial charge in [-0.25, -0.2) is 0 Å². The second-order valence-electron chi connectivity index (χ2n) is 6.01. The van der Waals surface area contributed by atoms with Gasteiger partial charge in [-0.05, 0) is 28.8 Å². The maximum Gasteiger partial charge on any atom is 0.275 e. The Bertz CT molecular complexity index is 548. The third-order valence-corrected chi connectivity index (χ3v) is 5.29. The number of amides is 1. The maximum atomic E-state index is 12.9. The number of aryl methyl sites for hydroxylation is 1. The first-order valence-electron chi connectivity index (χ1n) is 7.72. The van der Waals surface area contributed by atoms with E-state index in [4.69, 9.17) is 9.47 Å². The summed E-state index contributed by atoms with van der Waals surface area (Å²) in [5.74, 6) is 0.319. The number of carbonyl (C=O) groups excluding carboxylic acids is 1. The molecular formula is C15H22BrN3O3. The number of aromatic nitrogens is 2. The summed E-state index contributed by atoms with van der Waals surface area (Å²) in [6.07, 6.45) is 5.31. The van der Waals surface area contributed by atoms with E-state index >= 15 is 0 Å². The molecule has 2 aliphatic rings. The summed E-state index contributed by atoms with van der Waals surface area (Å²) in [7, 11) is 3.57. The number of morpholine rings is 1. The second kappa shape index (κ2) is 6.68. The smallest absolute Gasteiger partial charge is 0.275 e. The number of rotatable bonds is 3. The zero-order valence-corrected chi connectivity index (χ0v) is 14.6. The highest BCUT2D eigenvalue weighted by Crippen LogP contribution is 2.34. The third-order valence-electron chi connectivity index (χ3n) is 4.71. The average Bonchev–Trinajstić information content (AvgIpc) is 3.12. The first-order chi connectivity index (χ1) is 10.6. The number of halogens is 1. The average molecular weight is 372 g/mol. The van der Waals surface area contributed by atoms with E-state index in [1.807, 2.05) is 11.9 Å². The molecule has 1 amide bonds. The van der Waals surface area contributed by atoms with Crippen molar-refractivity contribution in [3.05, 3.63) is 16.4 Å². The van der Waals surface area contributed by atoms with Crippen molar-refractivity contribution in [3.8, 4) is 0 Å². The Kier molecular flexibility index (Phi) is 4.84. The van der Waals surface area contributed by atoms with Gasteiger partial charge in [-0.3, -0.25) is 9.48 Å². The summed E-state index contributed by atoms with van der Waals surface area (Å²) < 4.78 is 13.7. The molecule has 0 bridgehead atoms. The van der Waals surface area contributed by atoms with E-state index in [0.717, 1.165) is 23.7 Å². The number of hydrogen-bond acceptors (Lipinski definition) is 4. The quantitative estimate of drug-likeness (QED) is 0.813. The molecule has 1 saturated carbocycles. The molecule has 3 unspecified atom stereocenters. The molecule has 3 atom stereocenters. The van der Waals surface area contributed by atoms with E-state index in [9.17, 15) is 4.79 Å². The third kappa shape index (κ3) is 2.94. The highest BCUT2D eigenvalue weighted by Gasteiger charge is 2.41. The van der Waals surface area contributed by atoms with Gasteiger partial charge in [-0.1, -0.05) is 6.42 Å². The van der Waals surface area contributed by atoms with Gasteiger partial charge < -0.3 is 14.4 Å². The summed E-state index contributed by atoms with van der Waals surface area (Å²) in [5, 5.41) is 4.29. The van der Waals surface area contributed by atoms with Crippen LogP contribution in [0.15, 0.2) is 10.7 Å². The molecular weight excluding hydrogens is 350 g/mol. The molecule has 0 spiro atoms. The number of methoxy groups -OCH3 is 1. The van der Waals surface area contributed by atoms with Crippen LogP contribution in [-0.2, 0) is 16.5 Å². The standard InChI is InChI=1S/C15H22BrN3O3/c1-18-8-11(16)14(17-18)15(20)19-6-7-22-9-12(19)10-4-3-5-13(10)21-2/h8,10,12-13H,3-7,9H2,1-2H3. The molecule has 2 fully saturated rings. The van der Waals surface area contributed by atoms with Gasteiger partial charge in [0, 0.05) is 32.8 Å². The molecule has 3 rings (SSSR count). The fraction of sp³-hybridized carbons (Fsp3) is 0.733. The lowest BCUT2D eigenvalue weighted by atomic mass is 9.94. The van der Waals surface area contributed by atoms with Gasteiger partial charge in [0.1, 0.15) is 0 Å². The number of ether oxygens (including phenoxy) is 2. The van der Waals surface area contributed by atoms with Crippen molar-refractivity contribution in [2.45, 2.75) is 31.4 Å². The first-order valence-corrected chi connectivity index (χ1v) is 8.51. The van der Waals surface area contributed by atoms with Crippen LogP contribution in [0.1, 0.15) is 29.8 Å². The van der Waals surface area contributed by atoms with Crippen molar-refractivity contribution < 1.29 is 14.3 Å². The summed E-state index contributed by atoms with van der Waals surface area (Å²) in [6.45, 7) is 1.78. The fourth-order valence-corrected chi connectivity index (χ4v) is 4.20. The van der Waals surface area contributed by atoms with E-state index < -0.39 is 0 Å². The number of hydrogen-bond donors (Lipinski definition) is 0. The van der Waals surface area contributed by atoms with Gasteiger partial charge in [0.2, 0.25) is 0 Å². The van der Waals surface area contributed by atoms with Crippen LogP contribution in [-0.4, -0.2) is 59.6 Å². The second-order valence-corrected chi connectivity index (χ2v) is 6.86. The molecule has 2 heterocycles. The van der Waals surface area contributed by atoms with Gasteiger partial charge in [-0.15, -0.1) is 0 Å². The van der Waals surface area contributed by atoms with E-state index in [-0.39, 0.29) is 18.1 Å². The predicted octanol–water partition coefficient (Wildman–Crippen LogP) is 1.84. The van der Waals surface area contributed by atoms with Gasteiger partial charge in [0.25, 0.3) is 5.91 Å². The minimum Gasteiger partial charge on any atom is -0.381 e. The van der Waals surface area contributed by atoms with Crippen molar-refractivity contribution >= 4 is 21.8 Å². The van der Waals surface area contributed by atoms with E-state index in [1.165, 1.54) is 0 Å². The Hall–Kier alpha value is -0.920. The molecule has 0 aromatic carbocycles. The lowest BCUT2D eigenvalue weighted by Gasteiger charge is -2.40. The van der Waals surface area contributed by atoms with E-state index in [2.05, 4.69) is 21.0 Å². The Labute approximate surface area is 138 Å². The molecule has 7 heteroatoms. The fourth-order valence-electron chi connectivity index (χ4n) is 3.66. The predicted molar refractivity (Wildman–Crippen MR) is 84.7 cm³/mol. The van der Waals surface area contributed by atoms with Crippen LogP contribution in [0.25, 0.3) is 0 Å². The van der Waals surface area contributed by atoms with Crippen molar-refractivity contribution in [1.82, 2.24) is 14.7 Å². The van der Waals surface area contributed by atoms with Crippen LogP contribution in [0.4, 0.5) is 0 Å². The van der Waals surface area contributed by atoms with Gasteiger partial charge in [-0.2, -0.15) is 5.10 Å². The van der Waals surface area contributed by atoms with Gasteiger partial charge >= 0.3 is 0 Å². The SMILES string of the molecule is COC1CCCC1C1COCCN1C(=O)c1nn(C)cc1Br. The Morgan fingerprint density at radius 1 is 1.50 bits per heavy atom. The van der Waals surface area contributed by atoms with Crippen LogP contribution >= 0.6 is 15.9 Å². The Morgan fingerprint density at radius 3 is 3.00 bits per heavy atom. The highest BCUT2D eigenvalue weighted by atomic mass is 79.9. The zero-order valence-electron chi connectivity index (χ0n) is 13.0. The highest BCUT2D eigenvalue weighted by molar-refractivity contribution is 9.10. The molecule has 1 saturated heterocycles. The monoisotopic (exact) mass is 371 g/mol. The first kappa shape index (κ1) is 16.0. The molecule has 1 aliphatic carbocycles. The minimum atomic E-state index is -0.0254. The maximum absolute atomic E-state index is 12.9. The minimum absolute atomic E-state index is 0.0254.